The maximum Gasteiger partial charge on any atom is 0.260 e. The van der Waals surface area contributed by atoms with Gasteiger partial charge in [-0.3, -0.25) is 19.5 Å². The van der Waals surface area contributed by atoms with E-state index in [0.717, 1.165) is 38.4 Å². The zero-order valence-corrected chi connectivity index (χ0v) is 17.1. The minimum absolute atomic E-state index is 0.123. The third-order valence-corrected chi connectivity index (χ3v) is 5.73. The topological polar surface area (TPSA) is 82.2 Å². The zero-order chi connectivity index (χ0) is 21.2. The van der Waals surface area contributed by atoms with Crippen LogP contribution in [-0.2, 0) is 17.8 Å². The Labute approximate surface area is 178 Å². The predicted molar refractivity (Wildman–Crippen MR) is 118 cm³/mol. The second-order valence-electron chi connectivity index (χ2n) is 7.73. The number of rotatable bonds is 5. The largest absolute Gasteiger partial charge is 0.379 e. The monoisotopic (exact) mass is 417 g/mol. The van der Waals surface area contributed by atoms with Crippen molar-refractivity contribution in [3.63, 3.8) is 0 Å². The highest BCUT2D eigenvalue weighted by molar-refractivity contribution is 5.91. The lowest BCUT2D eigenvalue weighted by Gasteiger charge is -2.26. The molecular formula is C23H23N5O3. The first kappa shape index (κ1) is 19.6. The fourth-order valence-electron chi connectivity index (χ4n) is 3.97. The molecule has 4 aromatic heterocycles. The molecule has 0 aliphatic carbocycles. The number of nitrogens with zero attached hydrogens (tertiary/aromatic N) is 5. The van der Waals surface area contributed by atoms with Gasteiger partial charge < -0.3 is 13.9 Å². The summed E-state index contributed by atoms with van der Waals surface area (Å²) in [5, 5.41) is 0.912. The van der Waals surface area contributed by atoms with E-state index in [-0.39, 0.29) is 11.1 Å². The van der Waals surface area contributed by atoms with Gasteiger partial charge >= 0.3 is 0 Å². The van der Waals surface area contributed by atoms with Gasteiger partial charge in [-0.25, -0.2) is 4.98 Å². The normalized spacial score (nSPS) is 15.0. The molecule has 4 aromatic rings. The van der Waals surface area contributed by atoms with Crippen LogP contribution in [-0.4, -0.2) is 56.9 Å². The standard InChI is InChI=1S/C23H23N5O3/c29-22-18-14-19-21(4-7-28(23(19)30)16-17-2-1-5-24-15-17)25-20(18)3-6-27(22)9-8-26-10-12-31-13-11-26/h1-7,14-15H,8-13,16H2. The summed E-state index contributed by atoms with van der Waals surface area (Å²) >= 11 is 0. The van der Waals surface area contributed by atoms with Crippen molar-refractivity contribution in [2.24, 2.45) is 0 Å². The first-order chi connectivity index (χ1) is 15.2. The van der Waals surface area contributed by atoms with Crippen LogP contribution >= 0.6 is 0 Å². The Morgan fingerprint density at radius 1 is 0.903 bits per heavy atom. The van der Waals surface area contributed by atoms with Crippen LogP contribution in [0.4, 0.5) is 0 Å². The smallest absolute Gasteiger partial charge is 0.260 e. The molecule has 1 aliphatic rings. The van der Waals surface area contributed by atoms with Crippen LogP contribution in [0.1, 0.15) is 5.56 Å². The average Bonchev–Trinajstić information content (AvgIpc) is 2.81. The lowest BCUT2D eigenvalue weighted by Crippen LogP contribution is -2.39. The lowest BCUT2D eigenvalue weighted by atomic mass is 10.2. The molecule has 5 rings (SSSR count). The van der Waals surface area contributed by atoms with Gasteiger partial charge in [0.1, 0.15) is 0 Å². The first-order valence-corrected chi connectivity index (χ1v) is 10.4. The molecule has 1 saturated heterocycles. The fourth-order valence-corrected chi connectivity index (χ4v) is 3.97. The minimum Gasteiger partial charge on any atom is -0.379 e. The van der Waals surface area contributed by atoms with Crippen molar-refractivity contribution >= 4 is 21.8 Å². The molecule has 1 aliphatic heterocycles. The third kappa shape index (κ3) is 3.99. The molecule has 5 heterocycles. The molecule has 0 atom stereocenters. The number of pyridine rings is 4. The molecule has 0 aromatic carbocycles. The Hall–Kier alpha value is -3.36. The van der Waals surface area contributed by atoms with E-state index in [0.29, 0.717) is 34.9 Å². The molecule has 0 radical (unpaired) electrons. The van der Waals surface area contributed by atoms with E-state index >= 15 is 0 Å². The van der Waals surface area contributed by atoms with Gasteiger partial charge in [0.05, 0.1) is 41.6 Å². The second kappa shape index (κ2) is 8.41. The molecule has 0 unspecified atom stereocenters. The van der Waals surface area contributed by atoms with E-state index in [4.69, 9.17) is 4.74 Å². The van der Waals surface area contributed by atoms with Crippen LogP contribution in [0, 0.1) is 0 Å². The van der Waals surface area contributed by atoms with E-state index in [9.17, 15) is 9.59 Å². The van der Waals surface area contributed by atoms with E-state index in [1.165, 1.54) is 0 Å². The molecular weight excluding hydrogens is 394 g/mol. The Morgan fingerprint density at radius 2 is 1.61 bits per heavy atom. The number of aromatic nitrogens is 4. The van der Waals surface area contributed by atoms with Crippen LogP contribution in [0.15, 0.2) is 64.7 Å². The van der Waals surface area contributed by atoms with Gasteiger partial charge in [0, 0.05) is 51.0 Å². The quantitative estimate of drug-likeness (QED) is 0.458. The summed E-state index contributed by atoms with van der Waals surface area (Å²) in [6.07, 6.45) is 6.96. The van der Waals surface area contributed by atoms with Gasteiger partial charge in [0.15, 0.2) is 0 Å². The summed E-state index contributed by atoms with van der Waals surface area (Å²) in [5.74, 6) is 0. The molecule has 0 amide bonds. The minimum atomic E-state index is -0.168. The summed E-state index contributed by atoms with van der Waals surface area (Å²) in [7, 11) is 0. The molecule has 31 heavy (non-hydrogen) atoms. The molecule has 8 nitrogen and oxygen atoms in total. The number of hydrogen-bond acceptors (Lipinski definition) is 6. The van der Waals surface area contributed by atoms with Gasteiger partial charge in [-0.1, -0.05) is 6.07 Å². The third-order valence-electron chi connectivity index (χ3n) is 5.73. The SMILES string of the molecule is O=c1c2cc3c(=O)n(Cc4cccnc4)ccc3nc2ccn1CCN1CCOCC1. The highest BCUT2D eigenvalue weighted by atomic mass is 16.5. The molecule has 0 N–H and O–H groups in total. The van der Waals surface area contributed by atoms with Crippen molar-refractivity contribution in [1.29, 1.82) is 0 Å². The molecule has 158 valence electrons. The first-order valence-electron chi connectivity index (χ1n) is 10.4. The Bertz CT molecular complexity index is 1340. The van der Waals surface area contributed by atoms with Crippen molar-refractivity contribution in [3.8, 4) is 0 Å². The maximum absolute atomic E-state index is 13.1. The average molecular weight is 417 g/mol. The van der Waals surface area contributed by atoms with Crippen LogP contribution in [0.2, 0.25) is 0 Å². The number of fused-ring (bicyclic) bond motifs is 2. The van der Waals surface area contributed by atoms with Crippen molar-refractivity contribution in [2.75, 3.05) is 32.8 Å². The van der Waals surface area contributed by atoms with Crippen molar-refractivity contribution in [1.82, 2.24) is 24.0 Å². The van der Waals surface area contributed by atoms with Gasteiger partial charge in [-0.2, -0.15) is 0 Å². The van der Waals surface area contributed by atoms with Gasteiger partial charge in [0.25, 0.3) is 11.1 Å². The Kier molecular flexibility index (Phi) is 5.31. The zero-order valence-electron chi connectivity index (χ0n) is 17.1. The molecule has 0 saturated carbocycles. The second-order valence-corrected chi connectivity index (χ2v) is 7.73. The summed E-state index contributed by atoms with van der Waals surface area (Å²) < 4.78 is 8.69. The van der Waals surface area contributed by atoms with Crippen LogP contribution in [0.3, 0.4) is 0 Å². The summed E-state index contributed by atoms with van der Waals surface area (Å²) in [4.78, 5) is 37.1. The van der Waals surface area contributed by atoms with E-state index < -0.39 is 0 Å². The van der Waals surface area contributed by atoms with Crippen LogP contribution in [0.5, 0.6) is 0 Å². The van der Waals surface area contributed by atoms with E-state index in [1.54, 1.807) is 40.0 Å². The summed E-state index contributed by atoms with van der Waals surface area (Å²) in [5.41, 5.74) is 1.83. The Balaban J connectivity index is 1.50. The maximum atomic E-state index is 13.1. The molecule has 8 heteroatoms. The van der Waals surface area contributed by atoms with E-state index in [2.05, 4.69) is 14.9 Å². The highest BCUT2D eigenvalue weighted by Gasteiger charge is 2.13. The molecule has 1 fully saturated rings. The van der Waals surface area contributed by atoms with Crippen LogP contribution in [0.25, 0.3) is 21.8 Å². The Morgan fingerprint density at radius 3 is 2.32 bits per heavy atom. The van der Waals surface area contributed by atoms with Gasteiger partial charge in [0.2, 0.25) is 0 Å². The summed E-state index contributed by atoms with van der Waals surface area (Å²) in [6, 6.07) is 9.12. The van der Waals surface area contributed by atoms with Crippen molar-refractivity contribution < 1.29 is 4.74 Å². The predicted octanol–water partition coefficient (Wildman–Crippen LogP) is 1.49. The fraction of sp³-hybridized carbons (Fsp3) is 0.304. The van der Waals surface area contributed by atoms with E-state index in [1.807, 2.05) is 24.3 Å². The summed E-state index contributed by atoms with van der Waals surface area (Å²) in [6.45, 7) is 5.01. The molecule has 0 bridgehead atoms. The number of ether oxygens (including phenoxy) is 1. The number of hydrogen-bond donors (Lipinski definition) is 0. The van der Waals surface area contributed by atoms with Gasteiger partial charge in [-0.15, -0.1) is 0 Å². The van der Waals surface area contributed by atoms with Crippen LogP contribution < -0.4 is 11.1 Å². The van der Waals surface area contributed by atoms with Gasteiger partial charge in [-0.05, 0) is 29.8 Å². The number of morpholine rings is 1. The molecule has 0 spiro atoms. The lowest BCUT2D eigenvalue weighted by molar-refractivity contribution is 0.0363. The van der Waals surface area contributed by atoms with Crippen molar-refractivity contribution in [2.45, 2.75) is 13.1 Å². The highest BCUT2D eigenvalue weighted by Crippen LogP contribution is 2.15. The van der Waals surface area contributed by atoms with Crippen molar-refractivity contribution in [3.05, 3.63) is 81.4 Å².